The number of rotatable bonds is 5. The topological polar surface area (TPSA) is 76.0 Å². The van der Waals surface area contributed by atoms with Crippen LogP contribution in [0.25, 0.3) is 5.69 Å². The maximum atomic E-state index is 12.7. The molecule has 0 saturated heterocycles. The molecule has 3 rings (SSSR count). The van der Waals surface area contributed by atoms with Crippen LogP contribution in [0.1, 0.15) is 33.3 Å². The van der Waals surface area contributed by atoms with Crippen LogP contribution in [0.2, 0.25) is 0 Å². The quantitative estimate of drug-likeness (QED) is 0.648. The maximum absolute atomic E-state index is 12.7. The second-order valence-electron chi connectivity index (χ2n) is 5.93. The summed E-state index contributed by atoms with van der Waals surface area (Å²) >= 11 is 3.44. The van der Waals surface area contributed by atoms with Crippen LogP contribution in [0.15, 0.2) is 59.2 Å². The van der Waals surface area contributed by atoms with Crippen molar-refractivity contribution in [3.05, 3.63) is 76.0 Å². The van der Waals surface area contributed by atoms with Gasteiger partial charge in [0.05, 0.1) is 23.1 Å². The number of carbonyl (C=O) groups is 2. The summed E-state index contributed by atoms with van der Waals surface area (Å²) < 4.78 is 2.65. The van der Waals surface area contributed by atoms with Crippen molar-refractivity contribution in [2.45, 2.75) is 13.8 Å². The van der Waals surface area contributed by atoms with Gasteiger partial charge in [-0.1, -0.05) is 28.1 Å². The molecule has 0 fully saturated rings. The number of hydrogen-bond donors (Lipinski definition) is 2. The first-order valence-electron chi connectivity index (χ1n) is 8.49. The third-order valence-electron chi connectivity index (χ3n) is 4.03. The Bertz CT molecular complexity index is 997. The van der Waals surface area contributed by atoms with Gasteiger partial charge in [-0.3, -0.25) is 9.59 Å². The van der Waals surface area contributed by atoms with Crippen molar-refractivity contribution in [1.82, 2.24) is 15.1 Å². The summed E-state index contributed by atoms with van der Waals surface area (Å²) in [6.45, 7) is 4.24. The first kappa shape index (κ1) is 18.8. The van der Waals surface area contributed by atoms with Crippen LogP contribution in [0.3, 0.4) is 0 Å². The minimum Gasteiger partial charge on any atom is -0.352 e. The van der Waals surface area contributed by atoms with E-state index < -0.39 is 0 Å². The molecule has 0 radical (unpaired) electrons. The fourth-order valence-electron chi connectivity index (χ4n) is 2.70. The third kappa shape index (κ3) is 4.25. The fraction of sp³-hybridized carbons (Fsp3) is 0.150. The lowest BCUT2D eigenvalue weighted by Gasteiger charge is -2.08. The highest BCUT2D eigenvalue weighted by atomic mass is 79.9. The lowest BCUT2D eigenvalue weighted by atomic mass is 10.1. The van der Waals surface area contributed by atoms with Gasteiger partial charge < -0.3 is 10.6 Å². The molecule has 0 unspecified atom stereocenters. The van der Waals surface area contributed by atoms with Crippen molar-refractivity contribution in [2.75, 3.05) is 11.9 Å². The first-order valence-corrected chi connectivity index (χ1v) is 9.29. The van der Waals surface area contributed by atoms with Crippen LogP contribution in [-0.2, 0) is 0 Å². The second kappa shape index (κ2) is 8.18. The van der Waals surface area contributed by atoms with Crippen LogP contribution in [-0.4, -0.2) is 28.1 Å². The Kier molecular flexibility index (Phi) is 5.71. The summed E-state index contributed by atoms with van der Waals surface area (Å²) in [5.74, 6) is -0.450. The number of nitrogens with zero attached hydrogens (tertiary/aromatic N) is 2. The summed E-state index contributed by atoms with van der Waals surface area (Å²) in [5.41, 5.74) is 3.11. The van der Waals surface area contributed by atoms with Gasteiger partial charge in [-0.25, -0.2) is 4.68 Å². The molecule has 6 nitrogen and oxygen atoms in total. The van der Waals surface area contributed by atoms with E-state index in [9.17, 15) is 9.59 Å². The van der Waals surface area contributed by atoms with Gasteiger partial charge in [-0.2, -0.15) is 5.10 Å². The smallest absolute Gasteiger partial charge is 0.259 e. The molecular formula is C20H19BrN4O2. The monoisotopic (exact) mass is 426 g/mol. The Balaban J connectivity index is 1.82. The van der Waals surface area contributed by atoms with Crippen molar-refractivity contribution < 1.29 is 9.59 Å². The third-order valence-corrected chi connectivity index (χ3v) is 4.52. The van der Waals surface area contributed by atoms with E-state index >= 15 is 0 Å². The van der Waals surface area contributed by atoms with Gasteiger partial charge in [0.15, 0.2) is 0 Å². The van der Waals surface area contributed by atoms with Gasteiger partial charge in [0.2, 0.25) is 0 Å². The molecule has 0 aliphatic carbocycles. The summed E-state index contributed by atoms with van der Waals surface area (Å²) in [6, 6.07) is 14.5. The van der Waals surface area contributed by atoms with Crippen molar-refractivity contribution in [3.63, 3.8) is 0 Å². The summed E-state index contributed by atoms with van der Waals surface area (Å²) in [6.07, 6.45) is 1.54. The molecule has 7 heteroatoms. The number of hydrogen-bond acceptors (Lipinski definition) is 3. The molecule has 3 aromatic rings. The zero-order chi connectivity index (χ0) is 19.4. The van der Waals surface area contributed by atoms with E-state index in [0.29, 0.717) is 23.4 Å². The molecule has 0 aliphatic heterocycles. The normalized spacial score (nSPS) is 10.5. The predicted molar refractivity (Wildman–Crippen MR) is 108 cm³/mol. The number of benzene rings is 2. The SMILES string of the molecule is CCNC(=O)c1cccc(NC(=O)c2cnn(-c3cccc(Br)c3)c2C)c1. The van der Waals surface area contributed by atoms with E-state index in [0.717, 1.165) is 15.9 Å². The van der Waals surface area contributed by atoms with Crippen molar-refractivity contribution in [3.8, 4) is 5.69 Å². The standard InChI is InChI=1S/C20H19BrN4O2/c1-3-22-19(26)14-6-4-8-16(10-14)24-20(27)18-12-23-25(13(18)2)17-9-5-7-15(21)11-17/h4-12H,3H2,1-2H3,(H,22,26)(H,24,27). The highest BCUT2D eigenvalue weighted by Crippen LogP contribution is 2.19. The van der Waals surface area contributed by atoms with E-state index in [1.54, 1.807) is 35.1 Å². The molecule has 0 bridgehead atoms. The van der Waals surface area contributed by atoms with E-state index in [1.165, 1.54) is 0 Å². The maximum Gasteiger partial charge on any atom is 0.259 e. The molecule has 0 spiro atoms. The molecule has 27 heavy (non-hydrogen) atoms. The lowest BCUT2D eigenvalue weighted by molar-refractivity contribution is 0.0954. The van der Waals surface area contributed by atoms with Crippen molar-refractivity contribution >= 4 is 33.4 Å². The van der Waals surface area contributed by atoms with Gasteiger partial charge in [-0.15, -0.1) is 0 Å². The van der Waals surface area contributed by atoms with Crippen molar-refractivity contribution in [2.24, 2.45) is 0 Å². The molecule has 2 aromatic carbocycles. The molecule has 2 N–H and O–H groups in total. The van der Waals surface area contributed by atoms with E-state index in [1.807, 2.05) is 38.1 Å². The predicted octanol–water partition coefficient (Wildman–Crippen LogP) is 3.95. The van der Waals surface area contributed by atoms with E-state index in [-0.39, 0.29) is 11.8 Å². The molecule has 1 aromatic heterocycles. The molecular weight excluding hydrogens is 408 g/mol. The Morgan fingerprint density at radius 1 is 1.11 bits per heavy atom. The zero-order valence-electron chi connectivity index (χ0n) is 15.0. The van der Waals surface area contributed by atoms with Gasteiger partial charge in [0, 0.05) is 22.3 Å². The van der Waals surface area contributed by atoms with Crippen LogP contribution < -0.4 is 10.6 Å². The molecule has 1 heterocycles. The Labute approximate surface area is 165 Å². The molecule has 0 saturated carbocycles. The summed E-state index contributed by atoms with van der Waals surface area (Å²) in [5, 5.41) is 9.90. The molecule has 0 atom stereocenters. The number of amides is 2. The van der Waals surface area contributed by atoms with Crippen molar-refractivity contribution in [1.29, 1.82) is 0 Å². The number of anilines is 1. The first-order chi connectivity index (χ1) is 13.0. The Hall–Kier alpha value is -2.93. The van der Waals surface area contributed by atoms with Gasteiger partial charge in [0.1, 0.15) is 0 Å². The van der Waals surface area contributed by atoms with Crippen LogP contribution in [0.5, 0.6) is 0 Å². The number of carbonyl (C=O) groups excluding carboxylic acids is 2. The molecule has 2 amide bonds. The average molecular weight is 427 g/mol. The molecule has 138 valence electrons. The van der Waals surface area contributed by atoms with Gasteiger partial charge in [0.25, 0.3) is 11.8 Å². The number of halogens is 1. The highest BCUT2D eigenvalue weighted by Gasteiger charge is 2.16. The number of aromatic nitrogens is 2. The van der Waals surface area contributed by atoms with Crippen LogP contribution >= 0.6 is 15.9 Å². The highest BCUT2D eigenvalue weighted by molar-refractivity contribution is 9.10. The second-order valence-corrected chi connectivity index (χ2v) is 6.85. The zero-order valence-corrected chi connectivity index (χ0v) is 16.6. The Morgan fingerprint density at radius 3 is 2.63 bits per heavy atom. The van der Waals surface area contributed by atoms with Crippen LogP contribution in [0, 0.1) is 6.92 Å². The average Bonchev–Trinajstić information content (AvgIpc) is 3.04. The van der Waals surface area contributed by atoms with Crippen LogP contribution in [0.4, 0.5) is 5.69 Å². The summed E-state index contributed by atoms with van der Waals surface area (Å²) in [4.78, 5) is 24.6. The van der Waals surface area contributed by atoms with Gasteiger partial charge in [-0.05, 0) is 50.2 Å². The largest absolute Gasteiger partial charge is 0.352 e. The summed E-state index contributed by atoms with van der Waals surface area (Å²) in [7, 11) is 0. The molecule has 0 aliphatic rings. The fourth-order valence-corrected chi connectivity index (χ4v) is 3.09. The minimum atomic E-state index is -0.276. The lowest BCUT2D eigenvalue weighted by Crippen LogP contribution is -2.22. The Morgan fingerprint density at radius 2 is 1.89 bits per heavy atom. The van der Waals surface area contributed by atoms with Gasteiger partial charge >= 0.3 is 0 Å². The minimum absolute atomic E-state index is 0.174. The number of nitrogens with one attached hydrogen (secondary N) is 2. The van der Waals surface area contributed by atoms with E-state index in [4.69, 9.17) is 0 Å². The van der Waals surface area contributed by atoms with E-state index in [2.05, 4.69) is 31.7 Å².